The van der Waals surface area contributed by atoms with E-state index < -0.39 is 0 Å². The van der Waals surface area contributed by atoms with Gasteiger partial charge in [0, 0.05) is 14.1 Å². The van der Waals surface area contributed by atoms with E-state index in [9.17, 15) is 0 Å². The summed E-state index contributed by atoms with van der Waals surface area (Å²) in [6.45, 7) is 1.95. The Kier molecular flexibility index (Phi) is 3.27. The monoisotopic (exact) mass is 245 g/mol. The van der Waals surface area contributed by atoms with Gasteiger partial charge in [-0.1, -0.05) is 18.2 Å². The predicted octanol–water partition coefficient (Wildman–Crippen LogP) is 1.62. The maximum atomic E-state index is 5.62. The highest BCUT2D eigenvalue weighted by molar-refractivity contribution is 5.37. The van der Waals surface area contributed by atoms with Crippen molar-refractivity contribution in [1.82, 2.24) is 15.0 Å². The normalized spacial score (nSPS) is 10.2. The molecule has 0 spiro atoms. The van der Waals surface area contributed by atoms with Crippen LogP contribution in [0.4, 0.5) is 11.9 Å². The second-order valence-corrected chi connectivity index (χ2v) is 4.04. The van der Waals surface area contributed by atoms with Gasteiger partial charge < -0.3 is 15.4 Å². The van der Waals surface area contributed by atoms with Crippen molar-refractivity contribution in [2.75, 3.05) is 24.7 Å². The lowest BCUT2D eigenvalue weighted by molar-refractivity contribution is 0.438. The number of aryl methyl sites for hydroxylation is 1. The number of nitrogen functional groups attached to an aromatic ring is 1. The molecular formula is C12H15N5O. The van der Waals surface area contributed by atoms with Crippen LogP contribution in [-0.2, 0) is 0 Å². The van der Waals surface area contributed by atoms with Gasteiger partial charge in [-0.2, -0.15) is 15.0 Å². The molecule has 0 radical (unpaired) electrons. The number of nitrogens with two attached hydrogens (primary N) is 1. The van der Waals surface area contributed by atoms with Gasteiger partial charge in [0.15, 0.2) is 0 Å². The highest BCUT2D eigenvalue weighted by Crippen LogP contribution is 2.22. The molecule has 0 amide bonds. The Morgan fingerprint density at radius 1 is 1.11 bits per heavy atom. The van der Waals surface area contributed by atoms with Crippen LogP contribution in [-0.4, -0.2) is 29.0 Å². The van der Waals surface area contributed by atoms with E-state index in [1.54, 1.807) is 4.90 Å². The van der Waals surface area contributed by atoms with Gasteiger partial charge in [0.1, 0.15) is 5.75 Å². The van der Waals surface area contributed by atoms with E-state index in [1.165, 1.54) is 0 Å². The zero-order chi connectivity index (χ0) is 13.1. The number of para-hydroxylation sites is 1. The number of aromatic nitrogens is 3. The molecule has 2 aromatic rings. The second-order valence-electron chi connectivity index (χ2n) is 4.04. The molecule has 6 nitrogen and oxygen atoms in total. The summed E-state index contributed by atoms with van der Waals surface area (Å²) in [5.41, 5.74) is 6.62. The SMILES string of the molecule is Cc1ccccc1Oc1nc(N)nc(N(C)C)n1. The third-order valence-corrected chi connectivity index (χ3v) is 2.32. The smallest absolute Gasteiger partial charge is 0.328 e. The van der Waals surface area contributed by atoms with Crippen LogP contribution in [0.2, 0.25) is 0 Å². The van der Waals surface area contributed by atoms with Crippen molar-refractivity contribution in [2.24, 2.45) is 0 Å². The van der Waals surface area contributed by atoms with Gasteiger partial charge >= 0.3 is 6.01 Å². The molecule has 0 fully saturated rings. The number of anilines is 2. The molecule has 0 atom stereocenters. The molecule has 0 aliphatic heterocycles. The molecule has 0 saturated heterocycles. The fourth-order valence-corrected chi connectivity index (χ4v) is 1.38. The third kappa shape index (κ3) is 2.65. The standard InChI is InChI=1S/C12H15N5O/c1-8-6-4-5-7-9(8)18-12-15-10(13)14-11(16-12)17(2)3/h4-7H,1-3H3,(H2,13,14,15,16). The van der Waals surface area contributed by atoms with Crippen molar-refractivity contribution in [3.8, 4) is 11.8 Å². The summed E-state index contributed by atoms with van der Waals surface area (Å²) in [6.07, 6.45) is 0. The van der Waals surface area contributed by atoms with Crippen molar-refractivity contribution in [1.29, 1.82) is 0 Å². The minimum absolute atomic E-state index is 0.136. The topological polar surface area (TPSA) is 77.2 Å². The average molecular weight is 245 g/mol. The van der Waals surface area contributed by atoms with Gasteiger partial charge in [0.05, 0.1) is 0 Å². The van der Waals surface area contributed by atoms with Crippen LogP contribution < -0.4 is 15.4 Å². The number of ether oxygens (including phenoxy) is 1. The number of nitrogens with zero attached hydrogens (tertiary/aromatic N) is 4. The lowest BCUT2D eigenvalue weighted by Gasteiger charge is -2.12. The average Bonchev–Trinajstić information content (AvgIpc) is 2.31. The number of benzene rings is 1. The highest BCUT2D eigenvalue weighted by Gasteiger charge is 2.09. The molecule has 0 aliphatic rings. The first-order valence-corrected chi connectivity index (χ1v) is 5.48. The van der Waals surface area contributed by atoms with E-state index in [0.717, 1.165) is 5.56 Å². The first kappa shape index (κ1) is 12.1. The Balaban J connectivity index is 2.32. The van der Waals surface area contributed by atoms with Crippen molar-refractivity contribution in [2.45, 2.75) is 6.92 Å². The fourth-order valence-electron chi connectivity index (χ4n) is 1.38. The van der Waals surface area contributed by atoms with E-state index in [2.05, 4.69) is 15.0 Å². The van der Waals surface area contributed by atoms with Gasteiger partial charge in [-0.05, 0) is 18.6 Å². The molecule has 1 aromatic heterocycles. The van der Waals surface area contributed by atoms with Crippen LogP contribution in [0.25, 0.3) is 0 Å². The molecule has 0 bridgehead atoms. The van der Waals surface area contributed by atoms with E-state index in [-0.39, 0.29) is 12.0 Å². The van der Waals surface area contributed by atoms with E-state index in [4.69, 9.17) is 10.5 Å². The molecule has 6 heteroatoms. The molecule has 1 heterocycles. The van der Waals surface area contributed by atoms with Crippen molar-refractivity contribution in [3.05, 3.63) is 29.8 Å². The van der Waals surface area contributed by atoms with Crippen molar-refractivity contribution >= 4 is 11.9 Å². The quantitative estimate of drug-likeness (QED) is 0.885. The molecule has 0 aliphatic carbocycles. The number of hydrogen-bond donors (Lipinski definition) is 1. The lowest BCUT2D eigenvalue weighted by atomic mass is 10.2. The van der Waals surface area contributed by atoms with Crippen LogP contribution in [0, 0.1) is 6.92 Å². The van der Waals surface area contributed by atoms with Gasteiger partial charge in [-0.3, -0.25) is 0 Å². The molecule has 2 rings (SSSR count). The summed E-state index contributed by atoms with van der Waals surface area (Å²) < 4.78 is 5.61. The van der Waals surface area contributed by atoms with Crippen molar-refractivity contribution < 1.29 is 4.74 Å². The van der Waals surface area contributed by atoms with E-state index in [1.807, 2.05) is 45.3 Å². The largest absolute Gasteiger partial charge is 0.424 e. The van der Waals surface area contributed by atoms with Crippen LogP contribution in [0.15, 0.2) is 24.3 Å². The Morgan fingerprint density at radius 3 is 2.50 bits per heavy atom. The van der Waals surface area contributed by atoms with Crippen LogP contribution >= 0.6 is 0 Å². The summed E-state index contributed by atoms with van der Waals surface area (Å²) in [7, 11) is 3.65. The van der Waals surface area contributed by atoms with Gasteiger partial charge in [-0.25, -0.2) is 0 Å². The number of hydrogen-bond acceptors (Lipinski definition) is 6. The first-order chi connectivity index (χ1) is 8.56. The molecule has 2 N–H and O–H groups in total. The van der Waals surface area contributed by atoms with Crippen LogP contribution in [0.3, 0.4) is 0 Å². The Bertz CT molecular complexity index is 556. The van der Waals surface area contributed by atoms with Gasteiger partial charge in [0.2, 0.25) is 11.9 Å². The second kappa shape index (κ2) is 4.87. The zero-order valence-electron chi connectivity index (χ0n) is 10.6. The van der Waals surface area contributed by atoms with E-state index >= 15 is 0 Å². The first-order valence-electron chi connectivity index (χ1n) is 5.48. The molecule has 0 saturated carbocycles. The molecular weight excluding hydrogens is 230 g/mol. The van der Waals surface area contributed by atoms with Gasteiger partial charge in [-0.15, -0.1) is 0 Å². The van der Waals surface area contributed by atoms with E-state index in [0.29, 0.717) is 11.7 Å². The Hall–Kier alpha value is -2.37. The van der Waals surface area contributed by atoms with Crippen LogP contribution in [0.5, 0.6) is 11.8 Å². The highest BCUT2D eigenvalue weighted by atomic mass is 16.5. The van der Waals surface area contributed by atoms with Gasteiger partial charge in [0.25, 0.3) is 0 Å². The summed E-state index contributed by atoms with van der Waals surface area (Å²) >= 11 is 0. The predicted molar refractivity (Wildman–Crippen MR) is 69.8 cm³/mol. The minimum Gasteiger partial charge on any atom is -0.424 e. The zero-order valence-corrected chi connectivity index (χ0v) is 10.6. The molecule has 0 unspecified atom stereocenters. The lowest BCUT2D eigenvalue weighted by Crippen LogP contribution is -2.15. The number of rotatable bonds is 3. The Labute approximate surface area is 105 Å². The summed E-state index contributed by atoms with van der Waals surface area (Å²) in [5.74, 6) is 1.30. The molecule has 18 heavy (non-hydrogen) atoms. The minimum atomic E-state index is 0.136. The summed E-state index contributed by atoms with van der Waals surface area (Å²) in [5, 5.41) is 0. The fraction of sp³-hybridized carbons (Fsp3) is 0.250. The maximum absolute atomic E-state index is 5.62. The summed E-state index contributed by atoms with van der Waals surface area (Å²) in [6, 6.07) is 7.83. The van der Waals surface area contributed by atoms with Crippen molar-refractivity contribution in [3.63, 3.8) is 0 Å². The third-order valence-electron chi connectivity index (χ3n) is 2.32. The van der Waals surface area contributed by atoms with Crippen LogP contribution in [0.1, 0.15) is 5.56 Å². The molecule has 1 aromatic carbocycles. The Morgan fingerprint density at radius 2 is 1.83 bits per heavy atom. The molecule has 94 valence electrons. The summed E-state index contributed by atoms with van der Waals surface area (Å²) in [4.78, 5) is 13.9. The maximum Gasteiger partial charge on any atom is 0.328 e.